The van der Waals surface area contributed by atoms with Crippen LogP contribution in [0.2, 0.25) is 0 Å². The molecule has 26 heavy (non-hydrogen) atoms. The topological polar surface area (TPSA) is 46.9 Å². The summed E-state index contributed by atoms with van der Waals surface area (Å²) in [7, 11) is 0. The normalized spacial score (nSPS) is 10.9. The smallest absolute Gasteiger partial charge is 0.288 e. The number of amides is 1. The molecule has 134 valence electrons. The largest absolute Gasteiger partial charge is 0.307 e. The van der Waals surface area contributed by atoms with Gasteiger partial charge in [-0.15, -0.1) is 0 Å². The van der Waals surface area contributed by atoms with Crippen molar-refractivity contribution in [1.82, 2.24) is 9.78 Å². The van der Waals surface area contributed by atoms with Crippen LogP contribution in [0.3, 0.4) is 0 Å². The molecule has 0 aliphatic heterocycles. The number of carbonyl (C=O) groups is 1. The quantitative estimate of drug-likeness (QED) is 0.534. The highest BCUT2D eigenvalue weighted by molar-refractivity contribution is 9.10. The molecule has 1 N–H and O–H groups in total. The zero-order chi connectivity index (χ0) is 18.5. The average Bonchev–Trinajstić information content (AvgIpc) is 3.04. The highest BCUT2D eigenvalue weighted by Gasteiger charge is 2.12. The second-order valence-corrected chi connectivity index (χ2v) is 7.24. The molecule has 0 saturated heterocycles. The summed E-state index contributed by atoms with van der Waals surface area (Å²) < 4.78 is 27.3. The van der Waals surface area contributed by atoms with E-state index in [1.54, 1.807) is 16.9 Å². The first kappa shape index (κ1) is 18.6. The molecule has 4 nitrogen and oxygen atoms in total. The summed E-state index contributed by atoms with van der Waals surface area (Å²) in [6.45, 7) is 0.494. The number of halogens is 3. The summed E-state index contributed by atoms with van der Waals surface area (Å²) in [5.74, 6) is -2.26. The van der Waals surface area contributed by atoms with Gasteiger partial charge < -0.3 is 5.32 Å². The van der Waals surface area contributed by atoms with Gasteiger partial charge in [0.1, 0.15) is 5.82 Å². The number of rotatable bonds is 6. The zero-order valence-corrected chi connectivity index (χ0v) is 15.8. The molecular formula is C18H14BrF2N3OS. The molecule has 0 fully saturated rings. The van der Waals surface area contributed by atoms with Crippen molar-refractivity contribution < 1.29 is 13.6 Å². The maximum atomic E-state index is 12.4. The van der Waals surface area contributed by atoms with Crippen LogP contribution in [0.15, 0.2) is 70.2 Å². The van der Waals surface area contributed by atoms with Crippen LogP contribution >= 0.6 is 27.7 Å². The summed E-state index contributed by atoms with van der Waals surface area (Å²) in [4.78, 5) is 12.8. The predicted molar refractivity (Wildman–Crippen MR) is 102 cm³/mol. The molecule has 3 rings (SSSR count). The summed E-state index contributed by atoms with van der Waals surface area (Å²) in [6, 6.07) is 15.5. The van der Waals surface area contributed by atoms with E-state index in [1.165, 1.54) is 24.3 Å². The van der Waals surface area contributed by atoms with E-state index in [4.69, 9.17) is 0 Å². The number of alkyl halides is 2. The Kier molecular flexibility index (Phi) is 6.05. The molecule has 0 aliphatic carbocycles. The molecule has 0 unspecified atom stereocenters. The first-order chi connectivity index (χ1) is 12.5. The van der Waals surface area contributed by atoms with Gasteiger partial charge in [0.05, 0.1) is 12.7 Å². The van der Waals surface area contributed by atoms with Crippen molar-refractivity contribution in [3.63, 3.8) is 0 Å². The fraction of sp³-hybridized carbons (Fsp3) is 0.111. The number of hydrogen-bond donors (Lipinski definition) is 1. The Hall–Kier alpha value is -2.19. The maximum absolute atomic E-state index is 12.4. The van der Waals surface area contributed by atoms with Gasteiger partial charge in [0.15, 0.2) is 0 Å². The van der Waals surface area contributed by atoms with Gasteiger partial charge in [-0.05, 0) is 35.9 Å². The lowest BCUT2D eigenvalue weighted by molar-refractivity contribution is 0.102. The summed E-state index contributed by atoms with van der Waals surface area (Å²) in [6.07, 6.45) is 1.61. The van der Waals surface area contributed by atoms with Gasteiger partial charge in [0.2, 0.25) is 0 Å². The van der Waals surface area contributed by atoms with E-state index in [9.17, 15) is 13.6 Å². The SMILES string of the molecule is O=C(Nc1ccnn1Cc1ccccc1Br)c1ccc(SC(F)F)cc1. The van der Waals surface area contributed by atoms with E-state index in [2.05, 4.69) is 26.3 Å². The lowest BCUT2D eigenvalue weighted by atomic mass is 10.2. The Labute approximate surface area is 161 Å². The Morgan fingerprint density at radius 2 is 1.88 bits per heavy atom. The number of benzene rings is 2. The van der Waals surface area contributed by atoms with E-state index in [0.717, 1.165) is 10.0 Å². The molecule has 0 bridgehead atoms. The number of carbonyl (C=O) groups excluding carboxylic acids is 1. The van der Waals surface area contributed by atoms with Crippen LogP contribution in [0.5, 0.6) is 0 Å². The fourth-order valence-corrected chi connectivity index (χ4v) is 3.24. The van der Waals surface area contributed by atoms with Crippen molar-refractivity contribution in [2.45, 2.75) is 17.2 Å². The van der Waals surface area contributed by atoms with Crippen molar-refractivity contribution >= 4 is 39.4 Å². The third kappa shape index (κ3) is 4.70. The highest BCUT2D eigenvalue weighted by atomic mass is 79.9. The Morgan fingerprint density at radius 3 is 2.58 bits per heavy atom. The van der Waals surface area contributed by atoms with Gasteiger partial charge in [-0.2, -0.15) is 13.9 Å². The van der Waals surface area contributed by atoms with E-state index >= 15 is 0 Å². The molecule has 0 spiro atoms. The third-order valence-electron chi connectivity index (χ3n) is 3.58. The first-order valence-electron chi connectivity index (χ1n) is 7.64. The van der Waals surface area contributed by atoms with Crippen molar-refractivity contribution in [2.75, 3.05) is 5.32 Å². The van der Waals surface area contributed by atoms with Crippen LogP contribution in [0, 0.1) is 0 Å². The Bertz CT molecular complexity index is 899. The van der Waals surface area contributed by atoms with Crippen molar-refractivity contribution in [3.8, 4) is 0 Å². The molecule has 1 heterocycles. The molecule has 0 aliphatic rings. The molecule has 8 heteroatoms. The molecule has 1 amide bonds. The van der Waals surface area contributed by atoms with Gasteiger partial charge >= 0.3 is 0 Å². The van der Waals surface area contributed by atoms with Gasteiger partial charge in [-0.3, -0.25) is 4.79 Å². The summed E-state index contributed by atoms with van der Waals surface area (Å²) in [5, 5.41) is 7.04. The minimum absolute atomic E-state index is 0.326. The van der Waals surface area contributed by atoms with Crippen LogP contribution < -0.4 is 5.32 Å². The molecule has 2 aromatic carbocycles. The number of nitrogens with zero attached hydrogens (tertiary/aromatic N) is 2. The minimum Gasteiger partial charge on any atom is -0.307 e. The van der Waals surface area contributed by atoms with Crippen LogP contribution in [-0.4, -0.2) is 21.4 Å². The molecule has 3 aromatic rings. The fourth-order valence-electron chi connectivity index (χ4n) is 2.33. The lowest BCUT2D eigenvalue weighted by Gasteiger charge is -2.10. The van der Waals surface area contributed by atoms with Crippen molar-refractivity contribution in [3.05, 3.63) is 76.4 Å². The molecular weight excluding hydrogens is 424 g/mol. The lowest BCUT2D eigenvalue weighted by Crippen LogP contribution is -2.16. The van der Waals surface area contributed by atoms with E-state index in [1.807, 2.05) is 24.3 Å². The van der Waals surface area contributed by atoms with Gasteiger partial charge in [0.25, 0.3) is 11.7 Å². The van der Waals surface area contributed by atoms with E-state index in [-0.39, 0.29) is 5.91 Å². The van der Waals surface area contributed by atoms with Gasteiger partial charge in [-0.25, -0.2) is 4.68 Å². The minimum atomic E-state index is -2.48. The van der Waals surface area contributed by atoms with Crippen LogP contribution in [-0.2, 0) is 6.54 Å². The summed E-state index contributed by atoms with van der Waals surface area (Å²) >= 11 is 3.94. The number of aromatic nitrogens is 2. The summed E-state index contributed by atoms with van der Waals surface area (Å²) in [5.41, 5.74) is 1.41. The Balaban J connectivity index is 1.70. The number of hydrogen-bond acceptors (Lipinski definition) is 3. The van der Waals surface area contributed by atoms with Crippen LogP contribution in [0.25, 0.3) is 0 Å². The van der Waals surface area contributed by atoms with E-state index in [0.29, 0.717) is 34.6 Å². The number of nitrogens with one attached hydrogen (secondary N) is 1. The van der Waals surface area contributed by atoms with Gasteiger partial charge in [0, 0.05) is 21.0 Å². The van der Waals surface area contributed by atoms with Crippen LogP contribution in [0.4, 0.5) is 14.6 Å². The molecule has 1 aromatic heterocycles. The van der Waals surface area contributed by atoms with Crippen LogP contribution in [0.1, 0.15) is 15.9 Å². The highest BCUT2D eigenvalue weighted by Crippen LogP contribution is 2.25. The van der Waals surface area contributed by atoms with E-state index < -0.39 is 5.76 Å². The Morgan fingerprint density at radius 1 is 1.15 bits per heavy atom. The zero-order valence-electron chi connectivity index (χ0n) is 13.4. The van der Waals surface area contributed by atoms with Gasteiger partial charge in [-0.1, -0.05) is 45.9 Å². The second kappa shape index (κ2) is 8.46. The van der Waals surface area contributed by atoms with Crippen molar-refractivity contribution in [2.24, 2.45) is 0 Å². The van der Waals surface area contributed by atoms with Crippen molar-refractivity contribution in [1.29, 1.82) is 0 Å². The standard InChI is InChI=1S/C18H14BrF2N3OS/c19-15-4-2-1-3-13(15)11-24-16(9-10-22-24)23-17(25)12-5-7-14(8-6-12)26-18(20)21/h1-10,18H,11H2,(H,23,25). The second-order valence-electron chi connectivity index (χ2n) is 5.32. The third-order valence-corrected chi connectivity index (χ3v) is 5.07. The molecule has 0 atom stereocenters. The number of thioether (sulfide) groups is 1. The maximum Gasteiger partial charge on any atom is 0.288 e. The molecule has 0 saturated carbocycles. The first-order valence-corrected chi connectivity index (χ1v) is 9.31. The monoisotopic (exact) mass is 437 g/mol. The average molecular weight is 438 g/mol. The molecule has 0 radical (unpaired) electrons. The predicted octanol–water partition coefficient (Wildman–Crippen LogP) is 5.26. The number of anilines is 1.